The van der Waals surface area contributed by atoms with Crippen LogP contribution in [-0.2, 0) is 12.8 Å². The summed E-state index contributed by atoms with van der Waals surface area (Å²) in [5, 5.41) is 0. The molecule has 0 atom stereocenters. The highest BCUT2D eigenvalue weighted by molar-refractivity contribution is 5.28. The van der Waals surface area contributed by atoms with Crippen molar-refractivity contribution in [1.29, 1.82) is 0 Å². The lowest BCUT2D eigenvalue weighted by Crippen LogP contribution is -2.07. The standard InChI is InChI=1S/C11H17FN2/c12-11-4-3-9(5-7-14)10(8-11)2-1-6-13/h3-4,8H,1-2,5-7,13-14H2. The van der Waals surface area contributed by atoms with Crippen molar-refractivity contribution in [2.75, 3.05) is 13.1 Å². The van der Waals surface area contributed by atoms with Crippen LogP contribution in [0.15, 0.2) is 18.2 Å². The van der Waals surface area contributed by atoms with Crippen molar-refractivity contribution in [3.05, 3.63) is 35.1 Å². The number of hydrogen-bond acceptors (Lipinski definition) is 2. The maximum absolute atomic E-state index is 13.0. The summed E-state index contributed by atoms with van der Waals surface area (Å²) < 4.78 is 13.0. The molecule has 14 heavy (non-hydrogen) atoms. The average molecular weight is 196 g/mol. The molecule has 0 fully saturated rings. The van der Waals surface area contributed by atoms with Crippen LogP contribution in [0.4, 0.5) is 4.39 Å². The minimum atomic E-state index is -0.183. The lowest BCUT2D eigenvalue weighted by Gasteiger charge is -2.08. The predicted octanol–water partition coefficient (Wildman–Crippen LogP) is 1.22. The fraction of sp³-hybridized carbons (Fsp3) is 0.455. The molecule has 1 aromatic carbocycles. The van der Waals surface area contributed by atoms with Crippen LogP contribution in [0.2, 0.25) is 0 Å². The van der Waals surface area contributed by atoms with E-state index in [-0.39, 0.29) is 5.82 Å². The second kappa shape index (κ2) is 5.73. The normalized spacial score (nSPS) is 10.5. The molecule has 1 aromatic rings. The van der Waals surface area contributed by atoms with Gasteiger partial charge in [0.2, 0.25) is 0 Å². The smallest absolute Gasteiger partial charge is 0.123 e. The molecular weight excluding hydrogens is 179 g/mol. The van der Waals surface area contributed by atoms with Crippen molar-refractivity contribution < 1.29 is 4.39 Å². The molecule has 0 heterocycles. The summed E-state index contributed by atoms with van der Waals surface area (Å²) in [6.07, 6.45) is 2.53. The molecule has 0 unspecified atom stereocenters. The van der Waals surface area contributed by atoms with Gasteiger partial charge in [-0.05, 0) is 55.6 Å². The lowest BCUT2D eigenvalue weighted by molar-refractivity contribution is 0.623. The van der Waals surface area contributed by atoms with Gasteiger partial charge in [-0.2, -0.15) is 0 Å². The Kier molecular flexibility index (Phi) is 4.56. The molecule has 0 bridgehead atoms. The number of halogens is 1. The lowest BCUT2D eigenvalue weighted by atomic mass is 10.0. The fourth-order valence-corrected chi connectivity index (χ4v) is 1.52. The van der Waals surface area contributed by atoms with Crippen LogP contribution in [-0.4, -0.2) is 13.1 Å². The van der Waals surface area contributed by atoms with Gasteiger partial charge in [0.25, 0.3) is 0 Å². The predicted molar refractivity (Wildman–Crippen MR) is 56.5 cm³/mol. The van der Waals surface area contributed by atoms with Gasteiger partial charge in [-0.3, -0.25) is 0 Å². The van der Waals surface area contributed by atoms with Gasteiger partial charge < -0.3 is 11.5 Å². The molecule has 78 valence electrons. The minimum absolute atomic E-state index is 0.183. The van der Waals surface area contributed by atoms with Gasteiger partial charge in [-0.15, -0.1) is 0 Å². The summed E-state index contributed by atoms with van der Waals surface area (Å²) in [7, 11) is 0. The highest BCUT2D eigenvalue weighted by Gasteiger charge is 2.02. The monoisotopic (exact) mass is 196 g/mol. The van der Waals surface area contributed by atoms with E-state index in [1.54, 1.807) is 6.07 Å². The molecule has 1 rings (SSSR count). The third-order valence-corrected chi connectivity index (χ3v) is 2.23. The Morgan fingerprint density at radius 3 is 2.43 bits per heavy atom. The first-order valence-electron chi connectivity index (χ1n) is 4.95. The SMILES string of the molecule is NCCCc1cc(F)ccc1CCN. The average Bonchev–Trinajstić information content (AvgIpc) is 2.18. The third-order valence-electron chi connectivity index (χ3n) is 2.23. The summed E-state index contributed by atoms with van der Waals surface area (Å²) in [6, 6.07) is 4.88. The number of rotatable bonds is 5. The first-order valence-corrected chi connectivity index (χ1v) is 4.95. The first kappa shape index (κ1) is 11.1. The number of aryl methyl sites for hydroxylation is 1. The minimum Gasteiger partial charge on any atom is -0.330 e. The number of benzene rings is 1. The summed E-state index contributed by atoms with van der Waals surface area (Å²) in [5.74, 6) is -0.183. The Balaban J connectivity index is 2.79. The van der Waals surface area contributed by atoms with Crippen molar-refractivity contribution in [2.45, 2.75) is 19.3 Å². The maximum Gasteiger partial charge on any atom is 0.123 e. The summed E-state index contributed by atoms with van der Waals surface area (Å²) in [6.45, 7) is 1.24. The van der Waals surface area contributed by atoms with E-state index in [1.807, 2.05) is 6.07 Å². The van der Waals surface area contributed by atoms with Crippen LogP contribution in [0.3, 0.4) is 0 Å². The Bertz CT molecular complexity index is 287. The Morgan fingerprint density at radius 2 is 1.79 bits per heavy atom. The topological polar surface area (TPSA) is 52.0 Å². The van der Waals surface area contributed by atoms with Gasteiger partial charge in [0.05, 0.1) is 0 Å². The van der Waals surface area contributed by atoms with Crippen molar-refractivity contribution >= 4 is 0 Å². The molecule has 0 amide bonds. The highest BCUT2D eigenvalue weighted by atomic mass is 19.1. The van der Waals surface area contributed by atoms with E-state index in [1.165, 1.54) is 6.07 Å². The van der Waals surface area contributed by atoms with Gasteiger partial charge in [-0.25, -0.2) is 4.39 Å². The quantitative estimate of drug-likeness (QED) is 0.744. The van der Waals surface area contributed by atoms with E-state index in [0.29, 0.717) is 13.1 Å². The largest absolute Gasteiger partial charge is 0.330 e. The van der Waals surface area contributed by atoms with E-state index in [9.17, 15) is 4.39 Å². The number of nitrogens with two attached hydrogens (primary N) is 2. The van der Waals surface area contributed by atoms with E-state index >= 15 is 0 Å². The van der Waals surface area contributed by atoms with Gasteiger partial charge in [0.15, 0.2) is 0 Å². The van der Waals surface area contributed by atoms with Crippen LogP contribution in [0, 0.1) is 5.82 Å². The molecule has 0 spiro atoms. The molecule has 0 aromatic heterocycles. The van der Waals surface area contributed by atoms with E-state index in [2.05, 4.69) is 0 Å². The summed E-state index contributed by atoms with van der Waals surface area (Å²) >= 11 is 0. The van der Waals surface area contributed by atoms with Crippen molar-refractivity contribution in [1.82, 2.24) is 0 Å². The molecule has 2 nitrogen and oxygen atoms in total. The van der Waals surface area contributed by atoms with E-state index in [0.717, 1.165) is 30.4 Å². The fourth-order valence-electron chi connectivity index (χ4n) is 1.52. The van der Waals surface area contributed by atoms with Gasteiger partial charge >= 0.3 is 0 Å². The molecule has 4 N–H and O–H groups in total. The Hall–Kier alpha value is -0.930. The first-order chi connectivity index (χ1) is 6.77. The molecule has 0 saturated carbocycles. The van der Waals surface area contributed by atoms with Crippen LogP contribution >= 0.6 is 0 Å². The Morgan fingerprint density at radius 1 is 1.00 bits per heavy atom. The van der Waals surface area contributed by atoms with E-state index < -0.39 is 0 Å². The van der Waals surface area contributed by atoms with Crippen molar-refractivity contribution in [3.63, 3.8) is 0 Å². The number of hydrogen-bond donors (Lipinski definition) is 2. The van der Waals surface area contributed by atoms with Crippen LogP contribution in [0.1, 0.15) is 17.5 Å². The second-order valence-corrected chi connectivity index (χ2v) is 3.34. The second-order valence-electron chi connectivity index (χ2n) is 3.34. The zero-order valence-corrected chi connectivity index (χ0v) is 8.30. The third kappa shape index (κ3) is 3.09. The van der Waals surface area contributed by atoms with Gasteiger partial charge in [-0.1, -0.05) is 6.07 Å². The molecule has 0 saturated heterocycles. The van der Waals surface area contributed by atoms with E-state index in [4.69, 9.17) is 11.5 Å². The van der Waals surface area contributed by atoms with Crippen molar-refractivity contribution in [3.8, 4) is 0 Å². The summed E-state index contributed by atoms with van der Waals surface area (Å²) in [4.78, 5) is 0. The van der Waals surface area contributed by atoms with Crippen LogP contribution in [0.25, 0.3) is 0 Å². The zero-order valence-electron chi connectivity index (χ0n) is 8.30. The van der Waals surface area contributed by atoms with Gasteiger partial charge in [0.1, 0.15) is 5.82 Å². The highest BCUT2D eigenvalue weighted by Crippen LogP contribution is 2.13. The zero-order chi connectivity index (χ0) is 10.4. The molecule has 0 aliphatic carbocycles. The van der Waals surface area contributed by atoms with Crippen LogP contribution in [0.5, 0.6) is 0 Å². The summed E-state index contributed by atoms with van der Waals surface area (Å²) in [5.41, 5.74) is 13.1. The molecular formula is C11H17FN2. The van der Waals surface area contributed by atoms with Crippen molar-refractivity contribution in [2.24, 2.45) is 11.5 Å². The van der Waals surface area contributed by atoms with Crippen LogP contribution < -0.4 is 11.5 Å². The molecule has 3 heteroatoms. The Labute approximate surface area is 84.1 Å². The molecule has 0 radical (unpaired) electrons. The molecule has 0 aliphatic heterocycles. The van der Waals surface area contributed by atoms with Gasteiger partial charge in [0, 0.05) is 0 Å². The maximum atomic E-state index is 13.0. The molecule has 0 aliphatic rings.